The van der Waals surface area contributed by atoms with Gasteiger partial charge in [-0.1, -0.05) is 30.3 Å². The number of esters is 1. The van der Waals surface area contributed by atoms with Crippen molar-refractivity contribution in [3.05, 3.63) is 71.0 Å². The van der Waals surface area contributed by atoms with Crippen molar-refractivity contribution in [2.45, 2.75) is 32.0 Å². The topological polar surface area (TPSA) is 59.8 Å². The van der Waals surface area contributed by atoms with Gasteiger partial charge in [0.1, 0.15) is 12.4 Å². The third-order valence-electron chi connectivity index (χ3n) is 4.78. The van der Waals surface area contributed by atoms with E-state index in [9.17, 15) is 14.0 Å². The zero-order valence-electron chi connectivity index (χ0n) is 15.3. The molecule has 1 amide bonds. The van der Waals surface area contributed by atoms with E-state index in [0.717, 1.165) is 23.3 Å². The molecule has 1 atom stereocenters. The number of rotatable bonds is 8. The summed E-state index contributed by atoms with van der Waals surface area (Å²) in [6.07, 6.45) is 2.15. The van der Waals surface area contributed by atoms with Crippen molar-refractivity contribution in [1.29, 1.82) is 0 Å². The van der Waals surface area contributed by atoms with Crippen LogP contribution in [-0.4, -0.2) is 31.6 Å². The number of halogens is 1. The number of amides is 1. The molecule has 3 rings (SSSR count). The van der Waals surface area contributed by atoms with Gasteiger partial charge >= 0.3 is 5.97 Å². The second-order valence-corrected chi connectivity index (χ2v) is 6.84. The molecule has 1 fully saturated rings. The van der Waals surface area contributed by atoms with Gasteiger partial charge in [0.15, 0.2) is 6.54 Å². The highest BCUT2D eigenvalue weighted by molar-refractivity contribution is 5.89. The first kappa shape index (κ1) is 19.0. The molecule has 0 spiro atoms. The summed E-state index contributed by atoms with van der Waals surface area (Å²) in [4.78, 5) is 24.9. The molecule has 0 saturated heterocycles. The molecule has 2 N–H and O–H groups in total. The minimum absolute atomic E-state index is 0.0646. The number of carbonyl (C=O) groups excluding carboxylic acids is 2. The second kappa shape index (κ2) is 8.77. The standard InChI is InChI=1S/C21H23FN2O3/c1-27-21(26)16-8-6-15(7-9-16)12-23-20(25)14-24(18-10-11-18)13-17-4-2-3-5-19(17)22/h2-9,18H,10-14H2,1H3,(H,23,25)/p+1. The number of methoxy groups -OCH3 is 1. The van der Waals surface area contributed by atoms with Gasteiger partial charge in [-0.2, -0.15) is 0 Å². The van der Waals surface area contributed by atoms with E-state index in [1.807, 2.05) is 6.07 Å². The molecule has 0 aromatic heterocycles. The normalized spacial score (nSPS) is 14.4. The lowest BCUT2D eigenvalue weighted by atomic mass is 10.1. The Labute approximate surface area is 158 Å². The number of hydrogen-bond acceptors (Lipinski definition) is 3. The molecule has 0 aliphatic heterocycles. The summed E-state index contributed by atoms with van der Waals surface area (Å²) in [6.45, 7) is 1.22. The van der Waals surface area contributed by atoms with Gasteiger partial charge in [0.25, 0.3) is 5.91 Å². The SMILES string of the molecule is COC(=O)c1ccc(CNC(=O)C[NH+](Cc2ccccc2F)C2CC2)cc1. The van der Waals surface area contributed by atoms with Crippen molar-refractivity contribution in [3.63, 3.8) is 0 Å². The van der Waals surface area contributed by atoms with Gasteiger partial charge in [-0.15, -0.1) is 0 Å². The van der Waals surface area contributed by atoms with E-state index >= 15 is 0 Å². The number of quaternary nitrogens is 1. The average Bonchev–Trinajstić information content (AvgIpc) is 3.52. The molecule has 6 heteroatoms. The van der Waals surface area contributed by atoms with Gasteiger partial charge < -0.3 is 15.0 Å². The highest BCUT2D eigenvalue weighted by Crippen LogP contribution is 2.16. The number of benzene rings is 2. The summed E-state index contributed by atoms with van der Waals surface area (Å²) in [5.74, 6) is -0.672. The highest BCUT2D eigenvalue weighted by atomic mass is 19.1. The van der Waals surface area contributed by atoms with Crippen molar-refractivity contribution >= 4 is 11.9 Å². The Morgan fingerprint density at radius 3 is 2.48 bits per heavy atom. The summed E-state index contributed by atoms with van der Waals surface area (Å²) in [7, 11) is 1.34. The van der Waals surface area contributed by atoms with Crippen LogP contribution < -0.4 is 10.2 Å². The molecule has 1 unspecified atom stereocenters. The molecule has 1 aliphatic rings. The Kier molecular flexibility index (Phi) is 6.19. The first-order chi connectivity index (χ1) is 13.1. The van der Waals surface area contributed by atoms with Crippen molar-refractivity contribution in [1.82, 2.24) is 5.32 Å². The Hall–Kier alpha value is -2.73. The lowest BCUT2D eigenvalue weighted by Crippen LogP contribution is -3.13. The number of hydrogen-bond donors (Lipinski definition) is 2. The maximum atomic E-state index is 13.9. The molecule has 2 aromatic carbocycles. The van der Waals surface area contributed by atoms with Gasteiger partial charge in [-0.05, 0) is 23.8 Å². The molecule has 1 aliphatic carbocycles. The Bertz CT molecular complexity index is 803. The summed E-state index contributed by atoms with van der Waals surface area (Å²) < 4.78 is 18.6. The lowest BCUT2D eigenvalue weighted by Gasteiger charge is -2.19. The Morgan fingerprint density at radius 1 is 1.15 bits per heavy atom. The monoisotopic (exact) mass is 371 g/mol. The van der Waals surface area contributed by atoms with Crippen LogP contribution in [-0.2, 0) is 22.6 Å². The fraction of sp³-hybridized carbons (Fsp3) is 0.333. The molecule has 0 radical (unpaired) electrons. The molecular formula is C21H24FN2O3+. The maximum absolute atomic E-state index is 13.9. The molecular weight excluding hydrogens is 347 g/mol. The predicted molar refractivity (Wildman–Crippen MR) is 98.6 cm³/mol. The van der Waals surface area contributed by atoms with Crippen LogP contribution >= 0.6 is 0 Å². The highest BCUT2D eigenvalue weighted by Gasteiger charge is 2.34. The molecule has 0 bridgehead atoms. The summed E-state index contributed by atoms with van der Waals surface area (Å²) in [5.41, 5.74) is 2.02. The molecule has 2 aromatic rings. The van der Waals surface area contributed by atoms with Crippen molar-refractivity contribution in [2.75, 3.05) is 13.7 Å². The van der Waals surface area contributed by atoms with Gasteiger partial charge in [0.2, 0.25) is 0 Å². The third-order valence-corrected chi connectivity index (χ3v) is 4.78. The molecule has 5 nitrogen and oxygen atoms in total. The van der Waals surface area contributed by atoms with Crippen LogP contribution in [0.3, 0.4) is 0 Å². The summed E-state index contributed by atoms with van der Waals surface area (Å²) in [6, 6.07) is 14.1. The van der Waals surface area contributed by atoms with Crippen LogP contribution in [0, 0.1) is 5.82 Å². The minimum atomic E-state index is -0.387. The minimum Gasteiger partial charge on any atom is -0.465 e. The van der Waals surface area contributed by atoms with E-state index in [-0.39, 0.29) is 17.7 Å². The van der Waals surface area contributed by atoms with E-state index in [1.165, 1.54) is 13.2 Å². The fourth-order valence-corrected chi connectivity index (χ4v) is 3.08. The van der Waals surface area contributed by atoms with Gasteiger partial charge in [0.05, 0.1) is 18.7 Å². The molecule has 142 valence electrons. The first-order valence-corrected chi connectivity index (χ1v) is 9.08. The predicted octanol–water partition coefficient (Wildman–Crippen LogP) is 1.48. The van der Waals surface area contributed by atoms with Gasteiger partial charge in [-0.25, -0.2) is 9.18 Å². The van der Waals surface area contributed by atoms with E-state index in [4.69, 9.17) is 0 Å². The summed E-state index contributed by atoms with van der Waals surface area (Å²) in [5, 5.41) is 2.91. The van der Waals surface area contributed by atoms with Crippen LogP contribution in [0.4, 0.5) is 4.39 Å². The van der Waals surface area contributed by atoms with Gasteiger partial charge in [0, 0.05) is 24.9 Å². The van der Waals surface area contributed by atoms with Gasteiger partial charge in [-0.3, -0.25) is 4.79 Å². The van der Waals surface area contributed by atoms with Crippen molar-refractivity contribution < 1.29 is 23.6 Å². The van der Waals surface area contributed by atoms with E-state index in [2.05, 4.69) is 10.1 Å². The van der Waals surface area contributed by atoms with Crippen LogP contribution in [0.2, 0.25) is 0 Å². The van der Waals surface area contributed by atoms with E-state index in [1.54, 1.807) is 36.4 Å². The first-order valence-electron chi connectivity index (χ1n) is 9.08. The van der Waals surface area contributed by atoms with Crippen LogP contribution in [0.15, 0.2) is 48.5 Å². The number of ether oxygens (including phenoxy) is 1. The smallest absolute Gasteiger partial charge is 0.337 e. The van der Waals surface area contributed by atoms with Crippen molar-refractivity contribution in [2.24, 2.45) is 0 Å². The molecule has 27 heavy (non-hydrogen) atoms. The molecule has 0 heterocycles. The van der Waals surface area contributed by atoms with Crippen molar-refractivity contribution in [3.8, 4) is 0 Å². The lowest BCUT2D eigenvalue weighted by molar-refractivity contribution is -0.917. The Morgan fingerprint density at radius 2 is 1.85 bits per heavy atom. The Balaban J connectivity index is 1.52. The summed E-state index contributed by atoms with van der Waals surface area (Å²) >= 11 is 0. The quantitative estimate of drug-likeness (QED) is 0.691. The average molecular weight is 371 g/mol. The zero-order valence-corrected chi connectivity index (χ0v) is 15.3. The van der Waals surface area contributed by atoms with E-state index < -0.39 is 0 Å². The zero-order chi connectivity index (χ0) is 19.2. The number of nitrogens with one attached hydrogen (secondary N) is 2. The van der Waals surface area contributed by atoms with E-state index in [0.29, 0.717) is 36.8 Å². The maximum Gasteiger partial charge on any atom is 0.337 e. The molecule has 1 saturated carbocycles. The fourth-order valence-electron chi connectivity index (χ4n) is 3.08. The van der Waals surface area contributed by atoms with Crippen LogP contribution in [0.25, 0.3) is 0 Å². The van der Waals surface area contributed by atoms with Crippen LogP contribution in [0.5, 0.6) is 0 Å². The second-order valence-electron chi connectivity index (χ2n) is 6.84. The van der Waals surface area contributed by atoms with Crippen LogP contribution in [0.1, 0.15) is 34.3 Å². The largest absolute Gasteiger partial charge is 0.465 e. The third kappa shape index (κ3) is 5.37. The number of carbonyl (C=O) groups is 2.